The highest BCUT2D eigenvalue weighted by molar-refractivity contribution is 7.26. The van der Waals surface area contributed by atoms with Crippen LogP contribution >= 0.6 is 11.3 Å². The highest BCUT2D eigenvalue weighted by Gasteiger charge is 2.17. The molecule has 0 amide bonds. The number of hydrogen-bond acceptors (Lipinski definition) is 1. The molecule has 8 aromatic rings. The Bertz CT molecular complexity index is 2050. The first-order valence-electron chi connectivity index (χ1n) is 11.9. The summed E-state index contributed by atoms with van der Waals surface area (Å²) in [6.07, 6.45) is 2.23. The number of para-hydroxylation sites is 2. The molecule has 8 rings (SSSR count). The largest absolute Gasteiger partial charge is 0.315 e. The van der Waals surface area contributed by atoms with Gasteiger partial charge in [0.2, 0.25) is 0 Å². The van der Waals surface area contributed by atoms with Crippen LogP contribution in [0.5, 0.6) is 0 Å². The Labute approximate surface area is 205 Å². The van der Waals surface area contributed by atoms with Crippen LogP contribution in [0.1, 0.15) is 0 Å². The predicted octanol–water partition coefficient (Wildman–Crippen LogP) is 9.10. The molecule has 0 atom stereocenters. The lowest BCUT2D eigenvalue weighted by atomic mass is 10.1. The van der Waals surface area contributed by atoms with Gasteiger partial charge in [0, 0.05) is 43.5 Å². The van der Waals surface area contributed by atoms with Gasteiger partial charge in [-0.3, -0.25) is 0 Å². The van der Waals surface area contributed by atoms with Crippen LogP contribution in [0.3, 0.4) is 0 Å². The van der Waals surface area contributed by atoms with Crippen molar-refractivity contribution >= 4 is 64.2 Å². The summed E-state index contributed by atoms with van der Waals surface area (Å²) in [7, 11) is 0. The monoisotopic (exact) mass is 464 g/mol. The van der Waals surface area contributed by atoms with Crippen LogP contribution in [0, 0.1) is 0 Å². The van der Waals surface area contributed by atoms with Crippen LogP contribution in [0.25, 0.3) is 64.3 Å². The first kappa shape index (κ1) is 19.0. The second kappa shape index (κ2) is 7.08. The van der Waals surface area contributed by atoms with Gasteiger partial charge in [0.15, 0.2) is 0 Å². The summed E-state index contributed by atoms with van der Waals surface area (Å²) in [6, 6.07) is 41.6. The average Bonchev–Trinajstić information content (AvgIpc) is 3.60. The van der Waals surface area contributed by atoms with Gasteiger partial charge in [0.1, 0.15) is 0 Å². The van der Waals surface area contributed by atoms with Crippen molar-refractivity contribution in [1.82, 2.24) is 9.13 Å². The summed E-state index contributed by atoms with van der Waals surface area (Å²) >= 11 is 1.88. The highest BCUT2D eigenvalue weighted by Crippen LogP contribution is 2.41. The van der Waals surface area contributed by atoms with Gasteiger partial charge in [-0.05, 0) is 48.5 Å². The van der Waals surface area contributed by atoms with Gasteiger partial charge in [-0.1, -0.05) is 66.7 Å². The zero-order valence-corrected chi connectivity index (χ0v) is 19.7. The lowest BCUT2D eigenvalue weighted by Gasteiger charge is -2.09. The predicted molar refractivity (Wildman–Crippen MR) is 151 cm³/mol. The zero-order chi connectivity index (χ0) is 22.9. The first-order valence-corrected chi connectivity index (χ1v) is 12.7. The molecule has 0 fully saturated rings. The summed E-state index contributed by atoms with van der Waals surface area (Å²) in [5, 5.41) is 6.54. The van der Waals surface area contributed by atoms with Crippen molar-refractivity contribution in [1.29, 1.82) is 0 Å². The summed E-state index contributed by atoms with van der Waals surface area (Å²) in [4.78, 5) is 0. The summed E-state index contributed by atoms with van der Waals surface area (Å²) in [5.41, 5.74) is 6.14. The van der Waals surface area contributed by atoms with Gasteiger partial charge in [0.05, 0.1) is 26.9 Å². The fraction of sp³-hybridized carbons (Fsp3) is 0. The van der Waals surface area contributed by atoms with E-state index in [1.807, 2.05) is 11.3 Å². The lowest BCUT2D eigenvalue weighted by Crippen LogP contribution is -1.94. The van der Waals surface area contributed by atoms with E-state index in [9.17, 15) is 0 Å². The Morgan fingerprint density at radius 3 is 2.11 bits per heavy atom. The zero-order valence-electron chi connectivity index (χ0n) is 18.8. The third-order valence-electron chi connectivity index (χ3n) is 7.16. The van der Waals surface area contributed by atoms with Gasteiger partial charge in [0.25, 0.3) is 0 Å². The van der Waals surface area contributed by atoms with E-state index in [-0.39, 0.29) is 0 Å². The summed E-state index contributed by atoms with van der Waals surface area (Å²) in [5.74, 6) is 0. The molecule has 2 nitrogen and oxygen atoms in total. The second-order valence-electron chi connectivity index (χ2n) is 9.02. The van der Waals surface area contributed by atoms with Crippen molar-refractivity contribution in [2.75, 3.05) is 0 Å². The standard InChI is InChI=1S/C32H20N2S/c1-2-9-21(10-3-1)34-27-14-6-4-12-24(27)31-25-19-20-33(26(25)17-18-28(31)34)29-15-8-13-23-22-11-5-7-16-30(22)35-32(23)29/h1-20H. The smallest absolute Gasteiger partial charge is 0.0634 e. The Hall–Kier alpha value is -4.34. The maximum absolute atomic E-state index is 2.38. The molecule has 0 aliphatic carbocycles. The Morgan fingerprint density at radius 2 is 1.20 bits per heavy atom. The maximum atomic E-state index is 2.38. The van der Waals surface area contributed by atoms with E-state index in [4.69, 9.17) is 0 Å². The van der Waals surface area contributed by atoms with Crippen molar-refractivity contribution in [3.8, 4) is 11.4 Å². The van der Waals surface area contributed by atoms with E-state index in [0.29, 0.717) is 0 Å². The number of rotatable bonds is 2. The van der Waals surface area contributed by atoms with E-state index in [0.717, 1.165) is 0 Å². The second-order valence-corrected chi connectivity index (χ2v) is 10.1. The van der Waals surface area contributed by atoms with Crippen molar-refractivity contribution in [3.63, 3.8) is 0 Å². The molecule has 5 aromatic carbocycles. The van der Waals surface area contributed by atoms with Crippen LogP contribution in [0.15, 0.2) is 121 Å². The third-order valence-corrected chi connectivity index (χ3v) is 8.37. The molecule has 0 N–H and O–H groups in total. The van der Waals surface area contributed by atoms with Gasteiger partial charge in [-0.25, -0.2) is 0 Å². The van der Waals surface area contributed by atoms with E-state index in [1.165, 1.54) is 64.3 Å². The fourth-order valence-corrected chi connectivity index (χ4v) is 6.89. The van der Waals surface area contributed by atoms with E-state index < -0.39 is 0 Å². The molecule has 3 heterocycles. The third kappa shape index (κ3) is 2.59. The van der Waals surface area contributed by atoms with Crippen LogP contribution in [-0.2, 0) is 0 Å². The topological polar surface area (TPSA) is 9.86 Å². The van der Waals surface area contributed by atoms with Crippen LogP contribution in [0.4, 0.5) is 0 Å². The number of thiophene rings is 1. The van der Waals surface area contributed by atoms with E-state index in [1.54, 1.807) is 0 Å². The van der Waals surface area contributed by atoms with Crippen molar-refractivity contribution in [2.45, 2.75) is 0 Å². The molecular formula is C32H20N2S. The number of benzene rings is 5. The Balaban J connectivity index is 1.47. The molecular weight excluding hydrogens is 444 g/mol. The van der Waals surface area contributed by atoms with Crippen LogP contribution in [0.2, 0.25) is 0 Å². The molecule has 0 aliphatic rings. The molecule has 3 heteroatoms. The average molecular weight is 465 g/mol. The van der Waals surface area contributed by atoms with Crippen LogP contribution < -0.4 is 0 Å². The minimum atomic E-state index is 1.19. The lowest BCUT2D eigenvalue weighted by molar-refractivity contribution is 1.15. The minimum absolute atomic E-state index is 1.19. The van der Waals surface area contributed by atoms with Gasteiger partial charge >= 0.3 is 0 Å². The Kier molecular flexibility index (Phi) is 3.85. The molecule has 0 unspecified atom stereocenters. The van der Waals surface area contributed by atoms with E-state index >= 15 is 0 Å². The normalized spacial score (nSPS) is 12.0. The molecule has 0 saturated heterocycles. The fourth-order valence-electron chi connectivity index (χ4n) is 5.67. The molecule has 0 bridgehead atoms. The number of fused-ring (bicyclic) bond motifs is 8. The molecule has 35 heavy (non-hydrogen) atoms. The number of hydrogen-bond donors (Lipinski definition) is 0. The number of aromatic nitrogens is 2. The highest BCUT2D eigenvalue weighted by atomic mass is 32.1. The van der Waals surface area contributed by atoms with Gasteiger partial charge in [-0.2, -0.15) is 0 Å². The number of nitrogens with zero attached hydrogens (tertiary/aromatic N) is 2. The molecule has 0 radical (unpaired) electrons. The van der Waals surface area contributed by atoms with Crippen molar-refractivity contribution in [3.05, 3.63) is 121 Å². The molecule has 0 aliphatic heterocycles. The first-order chi connectivity index (χ1) is 17.4. The van der Waals surface area contributed by atoms with Crippen molar-refractivity contribution < 1.29 is 0 Å². The quantitative estimate of drug-likeness (QED) is 0.241. The minimum Gasteiger partial charge on any atom is -0.315 e. The van der Waals surface area contributed by atoms with Gasteiger partial charge < -0.3 is 9.13 Å². The Morgan fingerprint density at radius 1 is 0.486 bits per heavy atom. The van der Waals surface area contributed by atoms with Crippen molar-refractivity contribution in [2.24, 2.45) is 0 Å². The molecule has 0 spiro atoms. The summed E-state index contributed by atoms with van der Waals surface area (Å²) in [6.45, 7) is 0. The maximum Gasteiger partial charge on any atom is 0.0634 e. The molecule has 164 valence electrons. The molecule has 3 aromatic heterocycles. The molecule has 0 saturated carbocycles. The SMILES string of the molecule is c1ccc(-n2c3ccccc3c3c4ccn(-c5cccc6c5sc5ccccc56)c4ccc32)cc1. The van der Waals surface area contributed by atoms with Gasteiger partial charge in [-0.15, -0.1) is 11.3 Å². The van der Waals surface area contributed by atoms with Crippen LogP contribution in [-0.4, -0.2) is 9.13 Å². The van der Waals surface area contributed by atoms with E-state index in [2.05, 4.69) is 131 Å². The summed E-state index contributed by atoms with van der Waals surface area (Å²) < 4.78 is 7.41.